The Balaban J connectivity index is 1.25. The molecule has 5 rings (SSSR count). The first kappa shape index (κ1) is 17.8. The first-order valence-corrected chi connectivity index (χ1v) is 10.3. The summed E-state index contributed by atoms with van der Waals surface area (Å²) < 4.78 is 0. The second kappa shape index (κ2) is 6.97. The Morgan fingerprint density at radius 3 is 2.79 bits per heavy atom. The van der Waals surface area contributed by atoms with E-state index in [2.05, 4.69) is 22.0 Å². The van der Waals surface area contributed by atoms with Crippen LogP contribution in [-0.4, -0.2) is 47.8 Å². The lowest BCUT2D eigenvalue weighted by Gasteiger charge is -2.33. The molecule has 1 aromatic rings. The summed E-state index contributed by atoms with van der Waals surface area (Å²) in [6, 6.07) is 5.80. The maximum Gasteiger partial charge on any atom is 0.255 e. The van der Waals surface area contributed by atoms with Crippen LogP contribution in [-0.2, 0) is 22.7 Å². The molecule has 3 fully saturated rings. The van der Waals surface area contributed by atoms with Crippen molar-refractivity contribution in [3.8, 4) is 0 Å². The van der Waals surface area contributed by atoms with E-state index in [0.29, 0.717) is 24.6 Å². The highest BCUT2D eigenvalue weighted by Crippen LogP contribution is 2.40. The molecule has 1 aliphatic carbocycles. The SMILES string of the molecule is O=C1CCC(N2Cc3c(CNCC4NCC5CCC54)cccc3C2=O)C(=O)N1. The minimum absolute atomic E-state index is 0.110. The average molecular weight is 382 g/mol. The van der Waals surface area contributed by atoms with Crippen LogP contribution in [0.2, 0.25) is 0 Å². The molecule has 3 N–H and O–H groups in total. The molecule has 7 heteroatoms. The molecule has 2 saturated heterocycles. The number of nitrogens with zero attached hydrogens (tertiary/aromatic N) is 1. The van der Waals surface area contributed by atoms with Gasteiger partial charge in [-0.3, -0.25) is 19.7 Å². The van der Waals surface area contributed by atoms with Gasteiger partial charge < -0.3 is 15.5 Å². The molecule has 28 heavy (non-hydrogen) atoms. The third kappa shape index (κ3) is 2.93. The highest BCUT2D eigenvalue weighted by Gasteiger charge is 2.42. The van der Waals surface area contributed by atoms with Crippen molar-refractivity contribution in [1.82, 2.24) is 20.9 Å². The number of nitrogens with one attached hydrogen (secondary N) is 3. The zero-order valence-electron chi connectivity index (χ0n) is 15.9. The summed E-state index contributed by atoms with van der Waals surface area (Å²) in [5.41, 5.74) is 2.80. The number of carbonyl (C=O) groups excluding carboxylic acids is 3. The van der Waals surface area contributed by atoms with Crippen molar-refractivity contribution in [2.75, 3.05) is 13.1 Å². The second-order valence-electron chi connectivity index (χ2n) is 8.49. The van der Waals surface area contributed by atoms with Crippen LogP contribution >= 0.6 is 0 Å². The number of amides is 3. The summed E-state index contributed by atoms with van der Waals surface area (Å²) >= 11 is 0. The molecule has 0 radical (unpaired) electrons. The predicted molar refractivity (Wildman–Crippen MR) is 102 cm³/mol. The van der Waals surface area contributed by atoms with Gasteiger partial charge in [-0.2, -0.15) is 0 Å². The van der Waals surface area contributed by atoms with Gasteiger partial charge in [-0.1, -0.05) is 12.1 Å². The van der Waals surface area contributed by atoms with Crippen LogP contribution in [0, 0.1) is 11.8 Å². The minimum Gasteiger partial charge on any atom is -0.322 e. The largest absolute Gasteiger partial charge is 0.322 e. The summed E-state index contributed by atoms with van der Waals surface area (Å²) in [5, 5.41) is 9.55. The molecule has 0 aromatic heterocycles. The molecule has 1 aromatic carbocycles. The molecule has 3 amide bonds. The number of benzene rings is 1. The fraction of sp³-hybridized carbons (Fsp3) is 0.571. The van der Waals surface area contributed by atoms with Crippen molar-refractivity contribution < 1.29 is 14.4 Å². The molecule has 0 bridgehead atoms. The number of hydrogen-bond acceptors (Lipinski definition) is 5. The Kier molecular flexibility index (Phi) is 4.44. The average Bonchev–Trinajstić information content (AvgIpc) is 3.12. The number of rotatable bonds is 5. The van der Waals surface area contributed by atoms with Gasteiger partial charge in [0.05, 0.1) is 0 Å². The monoisotopic (exact) mass is 382 g/mol. The Morgan fingerprint density at radius 2 is 2.04 bits per heavy atom. The molecule has 4 aliphatic rings. The van der Waals surface area contributed by atoms with E-state index in [1.165, 1.54) is 12.8 Å². The zero-order valence-corrected chi connectivity index (χ0v) is 15.9. The van der Waals surface area contributed by atoms with Gasteiger partial charge >= 0.3 is 0 Å². The first-order chi connectivity index (χ1) is 13.6. The van der Waals surface area contributed by atoms with Crippen molar-refractivity contribution in [3.63, 3.8) is 0 Å². The van der Waals surface area contributed by atoms with Gasteiger partial charge in [0.25, 0.3) is 5.91 Å². The number of fused-ring (bicyclic) bond motifs is 2. The molecule has 4 unspecified atom stereocenters. The molecule has 3 aliphatic heterocycles. The Bertz CT molecular complexity index is 839. The lowest BCUT2D eigenvalue weighted by molar-refractivity contribution is -0.136. The third-order valence-corrected chi connectivity index (χ3v) is 6.99. The van der Waals surface area contributed by atoms with Crippen molar-refractivity contribution >= 4 is 17.7 Å². The predicted octanol–water partition coefficient (Wildman–Crippen LogP) is 0.535. The number of imide groups is 1. The van der Waals surface area contributed by atoms with Gasteiger partial charge in [0.1, 0.15) is 6.04 Å². The van der Waals surface area contributed by atoms with E-state index in [1.54, 1.807) is 4.90 Å². The van der Waals surface area contributed by atoms with Gasteiger partial charge in [0.2, 0.25) is 11.8 Å². The van der Waals surface area contributed by atoms with Crippen LogP contribution in [0.15, 0.2) is 18.2 Å². The smallest absolute Gasteiger partial charge is 0.255 e. The molecule has 7 nitrogen and oxygen atoms in total. The van der Waals surface area contributed by atoms with Crippen LogP contribution in [0.4, 0.5) is 0 Å². The molecular formula is C21H26N4O3. The highest BCUT2D eigenvalue weighted by atomic mass is 16.2. The van der Waals surface area contributed by atoms with Crippen molar-refractivity contribution in [3.05, 3.63) is 34.9 Å². The molecule has 3 heterocycles. The second-order valence-corrected chi connectivity index (χ2v) is 8.49. The van der Waals surface area contributed by atoms with Gasteiger partial charge in [0, 0.05) is 37.7 Å². The lowest BCUT2D eigenvalue weighted by Crippen LogP contribution is -2.52. The lowest BCUT2D eigenvalue weighted by atomic mass is 9.73. The zero-order chi connectivity index (χ0) is 19.3. The number of carbonyl (C=O) groups is 3. The molecule has 4 atom stereocenters. The van der Waals surface area contributed by atoms with Crippen molar-refractivity contribution in [2.45, 2.75) is 50.9 Å². The number of piperidine rings is 1. The highest BCUT2D eigenvalue weighted by molar-refractivity contribution is 6.05. The summed E-state index contributed by atoms with van der Waals surface area (Å²) in [5.74, 6) is 0.955. The fourth-order valence-electron chi connectivity index (χ4n) is 5.23. The Hall–Kier alpha value is -2.25. The quantitative estimate of drug-likeness (QED) is 0.647. The van der Waals surface area contributed by atoms with E-state index in [4.69, 9.17) is 0 Å². The molecule has 1 saturated carbocycles. The maximum atomic E-state index is 12.9. The summed E-state index contributed by atoms with van der Waals surface area (Å²) in [7, 11) is 0. The van der Waals surface area contributed by atoms with Gasteiger partial charge in [-0.15, -0.1) is 0 Å². The summed E-state index contributed by atoms with van der Waals surface area (Å²) in [4.78, 5) is 38.1. The van der Waals surface area contributed by atoms with E-state index in [0.717, 1.165) is 42.6 Å². The molecule has 148 valence electrons. The maximum absolute atomic E-state index is 12.9. The normalized spacial score (nSPS) is 31.4. The van der Waals surface area contributed by atoms with E-state index < -0.39 is 6.04 Å². The van der Waals surface area contributed by atoms with E-state index in [1.807, 2.05) is 12.1 Å². The molecular weight excluding hydrogens is 356 g/mol. The van der Waals surface area contributed by atoms with Crippen LogP contribution in [0.5, 0.6) is 0 Å². The van der Waals surface area contributed by atoms with Gasteiger partial charge in [-0.05, 0) is 54.8 Å². The summed E-state index contributed by atoms with van der Waals surface area (Å²) in [6.45, 7) is 3.24. The van der Waals surface area contributed by atoms with E-state index in [9.17, 15) is 14.4 Å². The first-order valence-electron chi connectivity index (χ1n) is 10.3. The van der Waals surface area contributed by atoms with Crippen LogP contribution in [0.1, 0.15) is 47.2 Å². The third-order valence-electron chi connectivity index (χ3n) is 6.99. The standard InChI is InChI=1S/C21H26N4O3/c26-19-7-6-18(20(27)24-19)25-11-16-12(2-1-3-15(16)21(25)28)8-22-10-17-14-5-4-13(14)9-23-17/h1-3,13-14,17-18,22-23H,4-11H2,(H,24,26,27). The number of hydrogen-bond donors (Lipinski definition) is 3. The summed E-state index contributed by atoms with van der Waals surface area (Å²) in [6.07, 6.45) is 3.37. The topological polar surface area (TPSA) is 90.5 Å². The molecule has 0 spiro atoms. The minimum atomic E-state index is -0.559. The fourth-order valence-corrected chi connectivity index (χ4v) is 5.23. The van der Waals surface area contributed by atoms with Crippen molar-refractivity contribution in [2.24, 2.45) is 11.8 Å². The van der Waals surface area contributed by atoms with E-state index >= 15 is 0 Å². The van der Waals surface area contributed by atoms with Crippen LogP contribution < -0.4 is 16.0 Å². The van der Waals surface area contributed by atoms with E-state index in [-0.39, 0.29) is 24.1 Å². The Morgan fingerprint density at radius 1 is 1.14 bits per heavy atom. The van der Waals surface area contributed by atoms with Crippen molar-refractivity contribution in [1.29, 1.82) is 0 Å². The van der Waals surface area contributed by atoms with Gasteiger partial charge in [-0.25, -0.2) is 0 Å². The van der Waals surface area contributed by atoms with Crippen LogP contribution in [0.25, 0.3) is 0 Å². The van der Waals surface area contributed by atoms with Gasteiger partial charge in [0.15, 0.2) is 0 Å². The van der Waals surface area contributed by atoms with Crippen LogP contribution in [0.3, 0.4) is 0 Å². The Labute approximate surface area is 164 Å².